The highest BCUT2D eigenvalue weighted by Crippen LogP contribution is 2.15. The minimum absolute atomic E-state index is 0.0177. The van der Waals surface area contributed by atoms with Crippen LogP contribution in [0.1, 0.15) is 16.1 Å². The van der Waals surface area contributed by atoms with E-state index in [1.165, 1.54) is 22.9 Å². The molecule has 20 heavy (non-hydrogen) atoms. The van der Waals surface area contributed by atoms with Gasteiger partial charge in [0.1, 0.15) is 11.5 Å². The van der Waals surface area contributed by atoms with Crippen LogP contribution in [0.25, 0.3) is 0 Å². The molecule has 106 valence electrons. The Kier molecular flexibility index (Phi) is 4.26. The van der Waals surface area contributed by atoms with Gasteiger partial charge in [-0.25, -0.2) is 9.07 Å². The van der Waals surface area contributed by atoms with Crippen molar-refractivity contribution in [2.45, 2.75) is 13.1 Å². The number of nitrogens with zero attached hydrogens (tertiary/aromatic N) is 3. The van der Waals surface area contributed by atoms with Crippen molar-refractivity contribution in [1.82, 2.24) is 15.0 Å². The largest absolute Gasteiger partial charge is 0.394 e. The van der Waals surface area contributed by atoms with Crippen LogP contribution < -0.4 is 11.1 Å². The number of nitrogens with one attached hydrogen (secondary N) is 1. The van der Waals surface area contributed by atoms with Gasteiger partial charge in [0.25, 0.3) is 5.91 Å². The van der Waals surface area contributed by atoms with Gasteiger partial charge in [0.15, 0.2) is 0 Å². The molecule has 0 unspecified atom stereocenters. The van der Waals surface area contributed by atoms with Crippen molar-refractivity contribution in [2.24, 2.45) is 5.73 Å². The predicted molar refractivity (Wildman–Crippen MR) is 69.4 cm³/mol. The number of benzene rings is 1. The van der Waals surface area contributed by atoms with E-state index in [2.05, 4.69) is 15.6 Å². The van der Waals surface area contributed by atoms with Crippen LogP contribution >= 0.6 is 0 Å². The minimum atomic E-state index is -0.819. The first kappa shape index (κ1) is 13.9. The van der Waals surface area contributed by atoms with Gasteiger partial charge in [0.2, 0.25) is 0 Å². The second kappa shape index (κ2) is 6.11. The van der Waals surface area contributed by atoms with Crippen LogP contribution in [0, 0.1) is 5.82 Å². The van der Waals surface area contributed by atoms with Gasteiger partial charge >= 0.3 is 0 Å². The van der Waals surface area contributed by atoms with Crippen LogP contribution in [0.15, 0.2) is 24.4 Å². The fourth-order valence-corrected chi connectivity index (χ4v) is 1.65. The van der Waals surface area contributed by atoms with Gasteiger partial charge in [0, 0.05) is 5.69 Å². The highest BCUT2D eigenvalue weighted by atomic mass is 19.1. The Morgan fingerprint density at radius 1 is 1.50 bits per heavy atom. The Balaban J connectivity index is 2.03. The molecule has 1 heterocycles. The maximum atomic E-state index is 13.3. The van der Waals surface area contributed by atoms with Gasteiger partial charge in [-0.05, 0) is 18.2 Å². The molecular formula is C12H14FN5O2. The Morgan fingerprint density at radius 2 is 2.30 bits per heavy atom. The molecule has 0 radical (unpaired) electrons. The van der Waals surface area contributed by atoms with Crippen molar-refractivity contribution in [3.8, 4) is 0 Å². The number of aromatic nitrogens is 3. The lowest BCUT2D eigenvalue weighted by Crippen LogP contribution is -2.13. The lowest BCUT2D eigenvalue weighted by atomic mass is 10.2. The van der Waals surface area contributed by atoms with Gasteiger partial charge in [-0.3, -0.25) is 4.79 Å². The predicted octanol–water partition coefficient (Wildman–Crippen LogP) is 0.120. The number of carbonyl (C=O) groups excluding carboxylic acids is 1. The molecule has 2 rings (SSSR count). The summed E-state index contributed by atoms with van der Waals surface area (Å²) in [6.07, 6.45) is 1.68. The van der Waals surface area contributed by atoms with E-state index in [1.54, 1.807) is 6.20 Å². The molecule has 1 amide bonds. The van der Waals surface area contributed by atoms with Gasteiger partial charge in [-0.15, -0.1) is 5.10 Å². The molecule has 7 nitrogen and oxygen atoms in total. The van der Waals surface area contributed by atoms with Crippen molar-refractivity contribution in [2.75, 3.05) is 11.9 Å². The molecule has 4 N–H and O–H groups in total. The Labute approximate surface area is 114 Å². The summed E-state index contributed by atoms with van der Waals surface area (Å²) < 4.78 is 14.8. The summed E-state index contributed by atoms with van der Waals surface area (Å²) in [5.41, 5.74) is 6.11. The normalized spacial score (nSPS) is 10.5. The number of primary amides is 1. The van der Waals surface area contributed by atoms with E-state index in [0.717, 1.165) is 0 Å². The molecule has 0 saturated heterocycles. The molecule has 0 aliphatic heterocycles. The highest BCUT2D eigenvalue weighted by Gasteiger charge is 2.09. The van der Waals surface area contributed by atoms with Crippen molar-refractivity contribution in [1.29, 1.82) is 0 Å². The van der Waals surface area contributed by atoms with E-state index in [1.807, 2.05) is 0 Å². The third-order valence-electron chi connectivity index (χ3n) is 2.62. The first-order chi connectivity index (χ1) is 9.60. The van der Waals surface area contributed by atoms with E-state index in [9.17, 15) is 9.18 Å². The van der Waals surface area contributed by atoms with Crippen LogP contribution in [-0.2, 0) is 13.1 Å². The van der Waals surface area contributed by atoms with Gasteiger partial charge < -0.3 is 16.2 Å². The number of hydrogen-bond acceptors (Lipinski definition) is 5. The van der Waals surface area contributed by atoms with E-state index in [4.69, 9.17) is 10.8 Å². The number of halogens is 1. The molecule has 0 fully saturated rings. The van der Waals surface area contributed by atoms with Crippen LogP contribution in [-0.4, -0.2) is 32.6 Å². The summed E-state index contributed by atoms with van der Waals surface area (Å²) >= 11 is 0. The topological polar surface area (TPSA) is 106 Å². The number of aliphatic hydroxyl groups is 1. The van der Waals surface area contributed by atoms with E-state index >= 15 is 0 Å². The van der Waals surface area contributed by atoms with E-state index in [-0.39, 0.29) is 12.2 Å². The summed E-state index contributed by atoms with van der Waals surface area (Å²) in [5.74, 6) is -1.48. The van der Waals surface area contributed by atoms with E-state index in [0.29, 0.717) is 24.5 Å². The molecule has 0 atom stereocenters. The monoisotopic (exact) mass is 279 g/mol. The first-order valence-electron chi connectivity index (χ1n) is 5.93. The van der Waals surface area contributed by atoms with Gasteiger partial charge in [-0.2, -0.15) is 0 Å². The van der Waals surface area contributed by atoms with Crippen molar-refractivity contribution < 1.29 is 14.3 Å². The Hall–Kier alpha value is -2.48. The quantitative estimate of drug-likeness (QED) is 0.696. The maximum absolute atomic E-state index is 13.3. The minimum Gasteiger partial charge on any atom is -0.394 e. The highest BCUT2D eigenvalue weighted by molar-refractivity contribution is 5.94. The number of aliphatic hydroxyl groups excluding tert-OH is 1. The molecule has 0 saturated carbocycles. The number of anilines is 1. The lowest BCUT2D eigenvalue weighted by molar-refractivity contribution is 0.0996. The summed E-state index contributed by atoms with van der Waals surface area (Å²) in [6.45, 7) is 0.709. The second-order valence-electron chi connectivity index (χ2n) is 4.11. The first-order valence-corrected chi connectivity index (χ1v) is 5.93. The number of nitrogens with two attached hydrogens (primary N) is 1. The van der Waals surface area contributed by atoms with E-state index < -0.39 is 11.7 Å². The average Bonchev–Trinajstić information content (AvgIpc) is 2.86. The summed E-state index contributed by atoms with van der Waals surface area (Å²) in [4.78, 5) is 11.0. The molecule has 0 bridgehead atoms. The van der Waals surface area contributed by atoms with Crippen LogP contribution in [0.2, 0.25) is 0 Å². The summed E-state index contributed by atoms with van der Waals surface area (Å²) in [6, 6.07) is 4.01. The number of hydrogen-bond donors (Lipinski definition) is 3. The average molecular weight is 279 g/mol. The molecule has 2 aromatic rings. The summed E-state index contributed by atoms with van der Waals surface area (Å²) in [7, 11) is 0. The molecule has 0 aliphatic carbocycles. The SMILES string of the molecule is NC(=O)c1cc(NCc2cn(CCO)nn2)ccc1F. The molecule has 0 aliphatic rings. The van der Waals surface area contributed by atoms with Crippen LogP contribution in [0.4, 0.5) is 10.1 Å². The molecule has 1 aromatic heterocycles. The maximum Gasteiger partial charge on any atom is 0.251 e. The van der Waals surface area contributed by atoms with Crippen LogP contribution in [0.3, 0.4) is 0 Å². The smallest absolute Gasteiger partial charge is 0.251 e. The van der Waals surface area contributed by atoms with Crippen molar-refractivity contribution in [3.05, 3.63) is 41.5 Å². The van der Waals surface area contributed by atoms with Crippen molar-refractivity contribution >= 4 is 11.6 Å². The fourth-order valence-electron chi connectivity index (χ4n) is 1.65. The lowest BCUT2D eigenvalue weighted by Gasteiger charge is -2.06. The fraction of sp³-hybridized carbons (Fsp3) is 0.250. The standard InChI is InChI=1S/C12H14FN5O2/c13-11-2-1-8(5-10(11)12(14)20)15-6-9-7-18(3-4-19)17-16-9/h1-2,5,7,15,19H,3-4,6H2,(H2,14,20). The molecule has 8 heteroatoms. The number of carbonyl (C=O) groups is 1. The second-order valence-corrected chi connectivity index (χ2v) is 4.11. The number of rotatable bonds is 6. The third kappa shape index (κ3) is 3.29. The van der Waals surface area contributed by atoms with Crippen molar-refractivity contribution in [3.63, 3.8) is 0 Å². The Bertz CT molecular complexity index is 614. The van der Waals surface area contributed by atoms with Gasteiger partial charge in [-0.1, -0.05) is 5.21 Å². The molecule has 1 aromatic carbocycles. The Morgan fingerprint density at radius 3 is 3.00 bits per heavy atom. The molecule has 0 spiro atoms. The third-order valence-corrected chi connectivity index (χ3v) is 2.62. The zero-order chi connectivity index (χ0) is 14.5. The number of amides is 1. The van der Waals surface area contributed by atoms with Gasteiger partial charge in [0.05, 0.1) is 31.5 Å². The zero-order valence-electron chi connectivity index (χ0n) is 10.6. The zero-order valence-corrected chi connectivity index (χ0v) is 10.6. The summed E-state index contributed by atoms with van der Waals surface area (Å²) in [5, 5.41) is 19.5. The van der Waals surface area contributed by atoms with Crippen LogP contribution in [0.5, 0.6) is 0 Å². The molecular weight excluding hydrogens is 265 g/mol.